The second-order valence-corrected chi connectivity index (χ2v) is 6.15. The number of sulfonamides is 1. The van der Waals surface area contributed by atoms with E-state index in [0.717, 1.165) is 23.9 Å². The third kappa shape index (κ3) is 3.81. The van der Waals surface area contributed by atoms with Gasteiger partial charge in [0, 0.05) is 11.8 Å². The molecule has 0 aliphatic heterocycles. The minimum absolute atomic E-state index is 0.0263. The van der Waals surface area contributed by atoms with Crippen LogP contribution in [0.5, 0.6) is 0 Å². The maximum absolute atomic E-state index is 13.3. The average Bonchev–Trinajstić information content (AvgIpc) is 2.47. The molecule has 6 nitrogen and oxygen atoms in total. The fourth-order valence-corrected chi connectivity index (χ4v) is 2.65. The van der Waals surface area contributed by atoms with Gasteiger partial charge in [-0.3, -0.25) is 9.97 Å². The summed E-state index contributed by atoms with van der Waals surface area (Å²) in [6.45, 7) is 1.18. The first-order chi connectivity index (χ1) is 9.92. The number of benzene rings is 1. The Kier molecular flexibility index (Phi) is 4.61. The summed E-state index contributed by atoms with van der Waals surface area (Å²) in [6.07, 6.45) is 3.01. The van der Waals surface area contributed by atoms with Crippen LogP contribution in [0.15, 0.2) is 35.5 Å². The predicted molar refractivity (Wildman–Crippen MR) is 73.1 cm³/mol. The Bertz CT molecular complexity index is 733. The number of aryl methyl sites for hydroxylation is 1. The highest BCUT2D eigenvalue weighted by molar-refractivity contribution is 7.89. The van der Waals surface area contributed by atoms with Gasteiger partial charge in [-0.1, -0.05) is 0 Å². The normalized spacial score (nSPS) is 11.6. The number of aliphatic hydroxyl groups is 1. The van der Waals surface area contributed by atoms with E-state index in [1.807, 2.05) is 0 Å². The molecule has 0 radical (unpaired) electrons. The van der Waals surface area contributed by atoms with Crippen molar-refractivity contribution in [3.63, 3.8) is 0 Å². The van der Waals surface area contributed by atoms with Crippen LogP contribution in [0.25, 0.3) is 0 Å². The fraction of sp³-hybridized carbons (Fsp3) is 0.231. The molecule has 0 amide bonds. The largest absolute Gasteiger partial charge is 0.392 e. The van der Waals surface area contributed by atoms with E-state index in [-0.39, 0.29) is 17.0 Å². The van der Waals surface area contributed by atoms with E-state index < -0.39 is 22.4 Å². The van der Waals surface area contributed by atoms with E-state index in [2.05, 4.69) is 14.7 Å². The molecule has 1 heterocycles. The van der Waals surface area contributed by atoms with Crippen molar-refractivity contribution in [2.24, 2.45) is 0 Å². The van der Waals surface area contributed by atoms with Crippen molar-refractivity contribution in [1.82, 2.24) is 14.7 Å². The van der Waals surface area contributed by atoms with E-state index in [0.29, 0.717) is 5.69 Å². The van der Waals surface area contributed by atoms with Gasteiger partial charge in [-0.2, -0.15) is 0 Å². The maximum Gasteiger partial charge on any atom is 0.240 e. The standard InChI is InChI=1S/C13H14FN3O3S/c1-9-5-16-11(6-15-9)7-17-21(19,20)12-2-3-13(14)10(4-12)8-18/h2-6,17-18H,7-8H2,1H3. The van der Waals surface area contributed by atoms with Crippen LogP contribution in [0.1, 0.15) is 17.0 Å². The molecule has 0 saturated heterocycles. The first-order valence-electron chi connectivity index (χ1n) is 6.09. The number of hydrogen-bond acceptors (Lipinski definition) is 5. The molecule has 112 valence electrons. The molecule has 0 fully saturated rings. The smallest absolute Gasteiger partial charge is 0.240 e. The lowest BCUT2D eigenvalue weighted by Gasteiger charge is -2.08. The molecule has 8 heteroatoms. The van der Waals surface area contributed by atoms with Crippen molar-refractivity contribution in [1.29, 1.82) is 0 Å². The summed E-state index contributed by atoms with van der Waals surface area (Å²) >= 11 is 0. The molecule has 2 rings (SSSR count). The predicted octanol–water partition coefficient (Wildman–Crippen LogP) is 0.895. The summed E-state index contributed by atoms with van der Waals surface area (Å²) in [5, 5.41) is 8.97. The summed E-state index contributed by atoms with van der Waals surface area (Å²) in [4.78, 5) is 7.93. The first-order valence-corrected chi connectivity index (χ1v) is 7.57. The van der Waals surface area contributed by atoms with Crippen molar-refractivity contribution in [2.75, 3.05) is 0 Å². The highest BCUT2D eigenvalue weighted by atomic mass is 32.2. The average molecular weight is 311 g/mol. The fourth-order valence-electron chi connectivity index (χ4n) is 1.60. The number of halogens is 1. The van der Waals surface area contributed by atoms with E-state index in [1.165, 1.54) is 12.4 Å². The Hall–Kier alpha value is -1.90. The lowest BCUT2D eigenvalue weighted by atomic mass is 10.2. The van der Waals surface area contributed by atoms with Crippen LogP contribution in [0.3, 0.4) is 0 Å². The van der Waals surface area contributed by atoms with Gasteiger partial charge in [-0.25, -0.2) is 17.5 Å². The van der Waals surface area contributed by atoms with E-state index in [4.69, 9.17) is 5.11 Å². The Labute approximate surface area is 121 Å². The van der Waals surface area contributed by atoms with Crippen molar-refractivity contribution < 1.29 is 17.9 Å². The number of rotatable bonds is 5. The van der Waals surface area contributed by atoms with E-state index >= 15 is 0 Å². The molecule has 0 saturated carbocycles. The number of hydrogen-bond donors (Lipinski definition) is 2. The Morgan fingerprint density at radius 2 is 2.05 bits per heavy atom. The molecule has 0 aliphatic carbocycles. The molecule has 0 atom stereocenters. The van der Waals surface area contributed by atoms with Crippen molar-refractivity contribution in [3.05, 3.63) is 53.4 Å². The molecule has 21 heavy (non-hydrogen) atoms. The quantitative estimate of drug-likeness (QED) is 0.856. The van der Waals surface area contributed by atoms with Gasteiger partial charge >= 0.3 is 0 Å². The third-order valence-electron chi connectivity index (χ3n) is 2.78. The number of nitrogens with one attached hydrogen (secondary N) is 1. The second kappa shape index (κ2) is 6.25. The number of aliphatic hydroxyl groups excluding tert-OH is 1. The van der Waals surface area contributed by atoms with Gasteiger partial charge < -0.3 is 5.11 Å². The van der Waals surface area contributed by atoms with Crippen LogP contribution >= 0.6 is 0 Å². The number of aromatic nitrogens is 2. The monoisotopic (exact) mass is 311 g/mol. The zero-order valence-electron chi connectivity index (χ0n) is 11.2. The van der Waals surface area contributed by atoms with Crippen LogP contribution in [0.4, 0.5) is 4.39 Å². The van der Waals surface area contributed by atoms with Crippen molar-refractivity contribution >= 4 is 10.0 Å². The molecule has 1 aromatic carbocycles. The molecule has 1 aromatic heterocycles. The Balaban J connectivity index is 2.16. The molecule has 2 aromatic rings. The van der Waals surface area contributed by atoms with Gasteiger partial charge in [-0.15, -0.1) is 0 Å². The lowest BCUT2D eigenvalue weighted by molar-refractivity contribution is 0.275. The van der Waals surface area contributed by atoms with Gasteiger partial charge in [0.15, 0.2) is 0 Å². The van der Waals surface area contributed by atoms with Gasteiger partial charge in [0.25, 0.3) is 0 Å². The van der Waals surface area contributed by atoms with Gasteiger partial charge in [0.2, 0.25) is 10.0 Å². The summed E-state index contributed by atoms with van der Waals surface area (Å²) < 4.78 is 39.8. The lowest BCUT2D eigenvalue weighted by Crippen LogP contribution is -2.24. The van der Waals surface area contributed by atoms with Crippen molar-refractivity contribution in [2.45, 2.75) is 25.0 Å². The van der Waals surface area contributed by atoms with E-state index in [9.17, 15) is 12.8 Å². The number of nitrogens with zero attached hydrogens (tertiary/aromatic N) is 2. The zero-order valence-corrected chi connectivity index (χ0v) is 12.1. The van der Waals surface area contributed by atoms with Crippen molar-refractivity contribution in [3.8, 4) is 0 Å². The second-order valence-electron chi connectivity index (χ2n) is 4.38. The molecular weight excluding hydrogens is 297 g/mol. The highest BCUT2D eigenvalue weighted by Gasteiger charge is 2.16. The minimum Gasteiger partial charge on any atom is -0.392 e. The van der Waals surface area contributed by atoms with E-state index in [1.54, 1.807) is 6.92 Å². The van der Waals surface area contributed by atoms with Crippen LogP contribution in [-0.4, -0.2) is 23.5 Å². The minimum atomic E-state index is -3.81. The summed E-state index contributed by atoms with van der Waals surface area (Å²) in [5.74, 6) is -0.652. The van der Waals surface area contributed by atoms with Gasteiger partial charge in [-0.05, 0) is 25.1 Å². The third-order valence-corrected chi connectivity index (χ3v) is 4.17. The molecule has 0 aliphatic rings. The summed E-state index contributed by atoms with van der Waals surface area (Å²) in [6, 6.07) is 3.24. The molecule has 0 bridgehead atoms. The van der Waals surface area contributed by atoms with Gasteiger partial charge in [0.05, 0.1) is 35.6 Å². The molecular formula is C13H14FN3O3S. The topological polar surface area (TPSA) is 92.2 Å². The summed E-state index contributed by atoms with van der Waals surface area (Å²) in [5.41, 5.74) is 1.12. The van der Waals surface area contributed by atoms with Crippen LogP contribution in [0, 0.1) is 12.7 Å². The van der Waals surface area contributed by atoms with Crippen LogP contribution in [-0.2, 0) is 23.2 Å². The van der Waals surface area contributed by atoms with Crippen LogP contribution < -0.4 is 4.72 Å². The Morgan fingerprint density at radius 1 is 1.29 bits per heavy atom. The van der Waals surface area contributed by atoms with Crippen LogP contribution in [0.2, 0.25) is 0 Å². The van der Waals surface area contributed by atoms with Gasteiger partial charge in [0.1, 0.15) is 5.82 Å². The molecule has 0 spiro atoms. The Morgan fingerprint density at radius 3 is 2.67 bits per heavy atom. The SMILES string of the molecule is Cc1cnc(CNS(=O)(=O)c2ccc(F)c(CO)c2)cn1. The molecule has 2 N–H and O–H groups in total. The maximum atomic E-state index is 13.3. The molecule has 0 unspecified atom stereocenters. The first kappa shape index (κ1) is 15.5. The zero-order chi connectivity index (χ0) is 15.5. The summed E-state index contributed by atoms with van der Waals surface area (Å²) in [7, 11) is -3.81. The highest BCUT2D eigenvalue weighted by Crippen LogP contribution is 2.15.